The van der Waals surface area contributed by atoms with E-state index in [0.29, 0.717) is 5.02 Å². The van der Waals surface area contributed by atoms with Crippen LogP contribution in [0.25, 0.3) is 0 Å². The van der Waals surface area contributed by atoms with Crippen LogP contribution in [0.5, 0.6) is 0 Å². The van der Waals surface area contributed by atoms with Gasteiger partial charge >= 0.3 is 6.03 Å². The van der Waals surface area contributed by atoms with E-state index >= 15 is 0 Å². The molecule has 2 N–H and O–H groups in total. The molecule has 1 aromatic rings. The van der Waals surface area contributed by atoms with E-state index in [0.717, 1.165) is 31.6 Å². The van der Waals surface area contributed by atoms with Crippen molar-refractivity contribution in [3.8, 4) is 0 Å². The number of halogens is 1. The monoisotopic (exact) mass is 239 g/mol. The quantitative estimate of drug-likeness (QED) is 0.791. The number of rotatable bonds is 1. The molecule has 0 spiro atoms. The molecule has 4 nitrogen and oxygen atoms in total. The first-order valence-electron chi connectivity index (χ1n) is 5.33. The van der Waals surface area contributed by atoms with Crippen LogP contribution in [0.2, 0.25) is 5.02 Å². The highest BCUT2D eigenvalue weighted by Gasteiger charge is 2.15. The number of urea groups is 1. The fourth-order valence-corrected chi connectivity index (χ4v) is 1.71. The van der Waals surface area contributed by atoms with Crippen LogP contribution in [0.4, 0.5) is 10.5 Å². The summed E-state index contributed by atoms with van der Waals surface area (Å²) in [6, 6.07) is 6.94. The van der Waals surface area contributed by atoms with Crippen LogP contribution in [-0.2, 0) is 0 Å². The Hall–Kier alpha value is -1.26. The molecule has 2 amide bonds. The number of amides is 2. The number of anilines is 1. The highest BCUT2D eigenvalue weighted by molar-refractivity contribution is 6.30. The average Bonchev–Trinajstić information content (AvgIpc) is 2.33. The highest BCUT2D eigenvalue weighted by Crippen LogP contribution is 2.14. The minimum Gasteiger partial charge on any atom is -0.307 e. The summed E-state index contributed by atoms with van der Waals surface area (Å²) in [5, 5.41) is 5.08. The molecule has 2 rings (SSSR count). The smallest absolute Gasteiger partial charge is 0.307 e. The van der Waals surface area contributed by atoms with Crippen molar-refractivity contribution >= 4 is 23.3 Å². The molecule has 0 saturated carbocycles. The van der Waals surface area contributed by atoms with Gasteiger partial charge in [-0.05, 0) is 37.1 Å². The third kappa shape index (κ3) is 2.87. The molecule has 1 heterocycles. The molecule has 1 aliphatic heterocycles. The van der Waals surface area contributed by atoms with Gasteiger partial charge in [0.05, 0.1) is 0 Å². The van der Waals surface area contributed by atoms with E-state index < -0.39 is 0 Å². The zero-order chi connectivity index (χ0) is 11.4. The van der Waals surface area contributed by atoms with E-state index in [1.165, 1.54) is 0 Å². The van der Waals surface area contributed by atoms with Gasteiger partial charge in [-0.15, -0.1) is 0 Å². The van der Waals surface area contributed by atoms with Crippen LogP contribution in [0, 0.1) is 0 Å². The second-order valence-electron chi connectivity index (χ2n) is 3.70. The zero-order valence-corrected chi connectivity index (χ0v) is 9.63. The first-order chi connectivity index (χ1) is 7.75. The van der Waals surface area contributed by atoms with Gasteiger partial charge in [0.2, 0.25) is 0 Å². The SMILES string of the molecule is O=C(Nc1ccc(Cl)cc1)N1CCCCN1. The van der Waals surface area contributed by atoms with Crippen molar-refractivity contribution in [2.75, 3.05) is 18.4 Å². The van der Waals surface area contributed by atoms with Crippen LogP contribution >= 0.6 is 11.6 Å². The average molecular weight is 240 g/mol. The number of hydrazine groups is 1. The minimum atomic E-state index is -0.123. The summed E-state index contributed by atoms with van der Waals surface area (Å²) in [5.41, 5.74) is 3.80. The molecule has 1 aliphatic rings. The van der Waals surface area contributed by atoms with Gasteiger partial charge in [0, 0.05) is 23.8 Å². The number of nitrogens with zero attached hydrogens (tertiary/aromatic N) is 1. The summed E-state index contributed by atoms with van der Waals surface area (Å²) in [6.07, 6.45) is 2.16. The lowest BCUT2D eigenvalue weighted by Gasteiger charge is -2.27. The summed E-state index contributed by atoms with van der Waals surface area (Å²) >= 11 is 5.76. The maximum atomic E-state index is 11.8. The van der Waals surface area contributed by atoms with E-state index in [1.54, 1.807) is 29.3 Å². The maximum absolute atomic E-state index is 11.8. The Bertz CT molecular complexity index is 360. The van der Waals surface area contributed by atoms with E-state index in [9.17, 15) is 4.79 Å². The minimum absolute atomic E-state index is 0.123. The molecule has 1 fully saturated rings. The molecule has 0 unspecified atom stereocenters. The summed E-state index contributed by atoms with van der Waals surface area (Å²) in [4.78, 5) is 11.8. The predicted octanol–water partition coefficient (Wildman–Crippen LogP) is 2.47. The Morgan fingerprint density at radius 1 is 1.31 bits per heavy atom. The number of hydrogen-bond acceptors (Lipinski definition) is 2. The predicted molar refractivity (Wildman–Crippen MR) is 64.4 cm³/mol. The Morgan fingerprint density at radius 3 is 2.69 bits per heavy atom. The van der Waals surface area contributed by atoms with Gasteiger partial charge in [0.25, 0.3) is 0 Å². The standard InChI is InChI=1S/C11H14ClN3O/c12-9-3-5-10(6-4-9)14-11(16)15-8-2-1-7-13-15/h3-6,13H,1-2,7-8H2,(H,14,16). The lowest BCUT2D eigenvalue weighted by molar-refractivity contribution is 0.166. The molecule has 0 radical (unpaired) electrons. The molecule has 1 aromatic carbocycles. The maximum Gasteiger partial charge on any atom is 0.336 e. The first kappa shape index (κ1) is 11.2. The van der Waals surface area contributed by atoms with Crippen LogP contribution in [0.15, 0.2) is 24.3 Å². The van der Waals surface area contributed by atoms with E-state index in [-0.39, 0.29) is 6.03 Å². The van der Waals surface area contributed by atoms with Gasteiger partial charge in [-0.3, -0.25) is 5.01 Å². The summed E-state index contributed by atoms with van der Waals surface area (Å²) in [6.45, 7) is 1.60. The molecular formula is C11H14ClN3O. The molecule has 0 aliphatic carbocycles. The van der Waals surface area contributed by atoms with Crippen molar-refractivity contribution in [3.05, 3.63) is 29.3 Å². The summed E-state index contributed by atoms with van der Waals surface area (Å²) < 4.78 is 0. The van der Waals surface area contributed by atoms with Crippen molar-refractivity contribution in [1.82, 2.24) is 10.4 Å². The highest BCUT2D eigenvalue weighted by atomic mass is 35.5. The van der Waals surface area contributed by atoms with E-state index in [2.05, 4.69) is 10.7 Å². The Balaban J connectivity index is 1.93. The van der Waals surface area contributed by atoms with Gasteiger partial charge in [0.1, 0.15) is 0 Å². The van der Waals surface area contributed by atoms with Crippen molar-refractivity contribution in [2.45, 2.75) is 12.8 Å². The van der Waals surface area contributed by atoms with Crippen LogP contribution < -0.4 is 10.7 Å². The Morgan fingerprint density at radius 2 is 2.06 bits per heavy atom. The van der Waals surface area contributed by atoms with Gasteiger partial charge < -0.3 is 5.32 Å². The molecule has 5 heteroatoms. The summed E-state index contributed by atoms with van der Waals surface area (Å²) in [5.74, 6) is 0. The second kappa shape index (κ2) is 5.18. The molecule has 0 aromatic heterocycles. The molecule has 16 heavy (non-hydrogen) atoms. The molecule has 0 atom stereocenters. The van der Waals surface area contributed by atoms with E-state index in [4.69, 9.17) is 11.6 Å². The lowest BCUT2D eigenvalue weighted by Crippen LogP contribution is -2.48. The zero-order valence-electron chi connectivity index (χ0n) is 8.87. The Kier molecular flexibility index (Phi) is 3.64. The lowest BCUT2D eigenvalue weighted by atomic mass is 10.3. The largest absolute Gasteiger partial charge is 0.336 e. The van der Waals surface area contributed by atoms with Crippen molar-refractivity contribution in [2.24, 2.45) is 0 Å². The summed E-state index contributed by atoms with van der Waals surface area (Å²) in [7, 11) is 0. The fraction of sp³-hybridized carbons (Fsp3) is 0.364. The first-order valence-corrected chi connectivity index (χ1v) is 5.71. The van der Waals surface area contributed by atoms with E-state index in [1.807, 2.05) is 0 Å². The van der Waals surface area contributed by atoms with Crippen molar-refractivity contribution < 1.29 is 4.79 Å². The molecule has 0 bridgehead atoms. The van der Waals surface area contributed by atoms with Crippen molar-refractivity contribution in [3.63, 3.8) is 0 Å². The molecule has 1 saturated heterocycles. The number of benzene rings is 1. The third-order valence-corrected chi connectivity index (χ3v) is 2.70. The van der Waals surface area contributed by atoms with Gasteiger partial charge in [-0.1, -0.05) is 11.6 Å². The van der Waals surface area contributed by atoms with Crippen LogP contribution in [0.1, 0.15) is 12.8 Å². The van der Waals surface area contributed by atoms with Gasteiger partial charge in [-0.25, -0.2) is 10.2 Å². The topological polar surface area (TPSA) is 44.4 Å². The molecular weight excluding hydrogens is 226 g/mol. The van der Waals surface area contributed by atoms with Crippen LogP contribution in [-0.4, -0.2) is 24.1 Å². The van der Waals surface area contributed by atoms with Crippen LogP contribution in [0.3, 0.4) is 0 Å². The fourth-order valence-electron chi connectivity index (χ4n) is 1.59. The third-order valence-electron chi connectivity index (χ3n) is 2.45. The second-order valence-corrected chi connectivity index (χ2v) is 4.14. The number of carbonyl (C=O) groups is 1. The Labute approximate surface area is 99.5 Å². The number of nitrogens with one attached hydrogen (secondary N) is 2. The molecule has 86 valence electrons. The van der Waals surface area contributed by atoms with Gasteiger partial charge in [0.15, 0.2) is 0 Å². The van der Waals surface area contributed by atoms with Crippen molar-refractivity contribution in [1.29, 1.82) is 0 Å². The normalized spacial score (nSPS) is 15.9. The number of carbonyl (C=O) groups excluding carboxylic acids is 1. The number of hydrogen-bond donors (Lipinski definition) is 2. The van der Waals surface area contributed by atoms with Gasteiger partial charge in [-0.2, -0.15) is 0 Å².